The molecule has 2 N–H and O–H groups in total. The van der Waals surface area contributed by atoms with Gasteiger partial charge in [0.1, 0.15) is 0 Å². The first-order valence-corrected chi connectivity index (χ1v) is 10.9. The van der Waals surface area contributed by atoms with Crippen molar-refractivity contribution in [1.29, 1.82) is 0 Å². The van der Waals surface area contributed by atoms with Gasteiger partial charge in [0.2, 0.25) is 0 Å². The SMILES string of the molecule is CCCN(CCCS(=O)(=O)O)c1cccc(NN=Nc2ccc(Br)cn2)c1. The van der Waals surface area contributed by atoms with E-state index in [0.29, 0.717) is 18.8 Å². The molecule has 10 heteroatoms. The molecule has 146 valence electrons. The van der Waals surface area contributed by atoms with Crippen LogP contribution < -0.4 is 10.3 Å². The predicted molar refractivity (Wildman–Crippen MR) is 110 cm³/mol. The molecule has 0 saturated heterocycles. The third-order valence-corrected chi connectivity index (χ3v) is 4.85. The molecule has 27 heavy (non-hydrogen) atoms. The van der Waals surface area contributed by atoms with Crippen molar-refractivity contribution in [3.05, 3.63) is 47.1 Å². The van der Waals surface area contributed by atoms with Crippen LogP contribution in [0.1, 0.15) is 19.8 Å². The second kappa shape index (κ2) is 10.3. The molecule has 0 aliphatic carbocycles. The molecule has 0 spiro atoms. The summed E-state index contributed by atoms with van der Waals surface area (Å²) in [6.45, 7) is 3.36. The molecule has 0 aliphatic rings. The largest absolute Gasteiger partial charge is 0.371 e. The van der Waals surface area contributed by atoms with Gasteiger partial charge < -0.3 is 4.90 Å². The van der Waals surface area contributed by atoms with E-state index in [1.807, 2.05) is 30.3 Å². The maximum Gasteiger partial charge on any atom is 0.264 e. The molecular weight excluding hydrogens is 434 g/mol. The van der Waals surface area contributed by atoms with Crippen molar-refractivity contribution in [3.8, 4) is 0 Å². The zero-order chi connectivity index (χ0) is 19.7. The number of halogens is 1. The van der Waals surface area contributed by atoms with Gasteiger partial charge in [-0.1, -0.05) is 18.2 Å². The van der Waals surface area contributed by atoms with E-state index in [1.165, 1.54) is 0 Å². The number of nitrogens with one attached hydrogen (secondary N) is 1. The lowest BCUT2D eigenvalue weighted by molar-refractivity contribution is 0.481. The van der Waals surface area contributed by atoms with Crippen molar-refractivity contribution in [2.24, 2.45) is 10.3 Å². The molecule has 0 radical (unpaired) electrons. The van der Waals surface area contributed by atoms with Crippen LogP contribution in [0.3, 0.4) is 0 Å². The van der Waals surface area contributed by atoms with E-state index < -0.39 is 10.1 Å². The Hall–Kier alpha value is -2.04. The Morgan fingerprint density at radius 3 is 2.74 bits per heavy atom. The molecule has 0 saturated carbocycles. The summed E-state index contributed by atoms with van der Waals surface area (Å²) in [5.74, 6) is 0.235. The number of nitrogens with zero attached hydrogens (tertiary/aromatic N) is 4. The molecule has 0 fully saturated rings. The van der Waals surface area contributed by atoms with Crippen molar-refractivity contribution in [1.82, 2.24) is 4.98 Å². The van der Waals surface area contributed by atoms with Gasteiger partial charge in [-0.3, -0.25) is 9.98 Å². The van der Waals surface area contributed by atoms with E-state index in [4.69, 9.17) is 4.55 Å². The van der Waals surface area contributed by atoms with Gasteiger partial charge in [-0.15, -0.1) is 5.11 Å². The summed E-state index contributed by atoms with van der Waals surface area (Å²) < 4.78 is 31.6. The van der Waals surface area contributed by atoms with Gasteiger partial charge in [-0.2, -0.15) is 8.42 Å². The Bertz CT molecular complexity index is 859. The summed E-state index contributed by atoms with van der Waals surface area (Å²) in [4.78, 5) is 6.18. The number of pyridine rings is 1. The third-order valence-electron chi connectivity index (χ3n) is 3.58. The molecule has 1 heterocycles. The quantitative estimate of drug-likeness (QED) is 0.311. The van der Waals surface area contributed by atoms with E-state index in [0.717, 1.165) is 28.8 Å². The molecule has 1 aromatic carbocycles. The Labute approximate surface area is 167 Å². The normalized spacial score (nSPS) is 11.7. The fraction of sp³-hybridized carbons (Fsp3) is 0.353. The topological polar surface area (TPSA) is 107 Å². The summed E-state index contributed by atoms with van der Waals surface area (Å²) in [7, 11) is -3.94. The molecule has 0 unspecified atom stereocenters. The van der Waals surface area contributed by atoms with E-state index in [1.54, 1.807) is 12.3 Å². The highest BCUT2D eigenvalue weighted by Crippen LogP contribution is 2.21. The minimum absolute atomic E-state index is 0.250. The van der Waals surface area contributed by atoms with Crippen LogP contribution in [0.25, 0.3) is 0 Å². The highest BCUT2D eigenvalue weighted by molar-refractivity contribution is 9.10. The van der Waals surface area contributed by atoms with Crippen molar-refractivity contribution in [3.63, 3.8) is 0 Å². The number of hydrogen-bond acceptors (Lipinski definition) is 6. The van der Waals surface area contributed by atoms with Gasteiger partial charge in [-0.25, -0.2) is 4.98 Å². The van der Waals surface area contributed by atoms with Gasteiger partial charge in [0, 0.05) is 29.4 Å². The first-order valence-electron chi connectivity index (χ1n) is 8.46. The average Bonchev–Trinajstić information content (AvgIpc) is 2.62. The summed E-state index contributed by atoms with van der Waals surface area (Å²) in [5, 5.41) is 7.95. The van der Waals surface area contributed by atoms with Crippen LogP contribution in [0.5, 0.6) is 0 Å². The molecule has 0 amide bonds. The van der Waals surface area contributed by atoms with Crippen LogP contribution in [0.15, 0.2) is 57.4 Å². The van der Waals surface area contributed by atoms with E-state index >= 15 is 0 Å². The first-order chi connectivity index (χ1) is 12.9. The van der Waals surface area contributed by atoms with Gasteiger partial charge in [0.05, 0.1) is 11.4 Å². The molecule has 0 aliphatic heterocycles. The van der Waals surface area contributed by atoms with Crippen LogP contribution in [0.4, 0.5) is 17.2 Å². The van der Waals surface area contributed by atoms with E-state index in [9.17, 15) is 8.42 Å². The summed E-state index contributed by atoms with van der Waals surface area (Å²) in [5.41, 5.74) is 4.56. The van der Waals surface area contributed by atoms with Crippen LogP contribution in [-0.2, 0) is 10.1 Å². The maximum atomic E-state index is 10.9. The lowest BCUT2D eigenvalue weighted by Gasteiger charge is -2.24. The number of rotatable bonds is 10. The minimum atomic E-state index is -3.94. The van der Waals surface area contributed by atoms with Crippen LogP contribution in [0.2, 0.25) is 0 Å². The second-order valence-electron chi connectivity index (χ2n) is 5.82. The van der Waals surface area contributed by atoms with Crippen molar-refractivity contribution >= 4 is 43.2 Å². The zero-order valence-corrected chi connectivity index (χ0v) is 17.3. The summed E-state index contributed by atoms with van der Waals surface area (Å²) >= 11 is 3.31. The van der Waals surface area contributed by atoms with Gasteiger partial charge >= 0.3 is 0 Å². The lowest BCUT2D eigenvalue weighted by atomic mass is 10.2. The maximum absolute atomic E-state index is 10.9. The van der Waals surface area contributed by atoms with E-state index in [-0.39, 0.29) is 5.75 Å². The fourth-order valence-corrected chi connectivity index (χ4v) is 3.14. The standard InChI is InChI=1S/C17H22BrN5O3S/c1-2-9-23(10-4-11-27(24,25)26)16-6-3-5-15(12-16)20-22-21-17-8-7-14(18)13-19-17/h3,5-8,12-13H,2,4,9-11H2,1H3,(H,19,20,21)(H,24,25,26). The lowest BCUT2D eigenvalue weighted by Crippen LogP contribution is -2.26. The zero-order valence-electron chi connectivity index (χ0n) is 14.9. The van der Waals surface area contributed by atoms with Crippen molar-refractivity contribution < 1.29 is 13.0 Å². The van der Waals surface area contributed by atoms with Gasteiger partial charge in [0.15, 0.2) is 5.82 Å². The molecule has 1 aromatic heterocycles. The molecule has 2 rings (SSSR count). The van der Waals surface area contributed by atoms with Gasteiger partial charge in [-0.05, 0) is 59.1 Å². The number of benzene rings is 1. The summed E-state index contributed by atoms with van der Waals surface area (Å²) in [6, 6.07) is 11.2. The van der Waals surface area contributed by atoms with Crippen LogP contribution >= 0.6 is 15.9 Å². The van der Waals surface area contributed by atoms with Crippen LogP contribution in [-0.4, -0.2) is 36.8 Å². The number of anilines is 2. The van der Waals surface area contributed by atoms with Gasteiger partial charge in [0.25, 0.3) is 10.1 Å². The molecule has 2 aromatic rings. The molecular formula is C17H22BrN5O3S. The van der Waals surface area contributed by atoms with E-state index in [2.05, 4.69) is 48.5 Å². The monoisotopic (exact) mass is 455 g/mol. The summed E-state index contributed by atoms with van der Waals surface area (Å²) in [6.07, 6.45) is 2.91. The Morgan fingerprint density at radius 2 is 2.07 bits per heavy atom. The average molecular weight is 456 g/mol. The molecule has 0 atom stereocenters. The first kappa shape index (κ1) is 21.3. The second-order valence-corrected chi connectivity index (χ2v) is 8.31. The highest BCUT2D eigenvalue weighted by Gasteiger charge is 2.09. The van der Waals surface area contributed by atoms with Crippen LogP contribution in [0, 0.1) is 0 Å². The minimum Gasteiger partial charge on any atom is -0.371 e. The third kappa shape index (κ3) is 8.02. The molecule has 8 nitrogen and oxygen atoms in total. The predicted octanol–water partition coefficient (Wildman–Crippen LogP) is 4.45. The number of aromatic nitrogens is 1. The Balaban J connectivity index is 2.01. The fourth-order valence-electron chi connectivity index (χ4n) is 2.41. The highest BCUT2D eigenvalue weighted by atomic mass is 79.9. The van der Waals surface area contributed by atoms with Crippen molar-refractivity contribution in [2.75, 3.05) is 29.2 Å². The van der Waals surface area contributed by atoms with Crippen molar-refractivity contribution in [2.45, 2.75) is 19.8 Å². The number of hydrogen-bond donors (Lipinski definition) is 2. The Morgan fingerprint density at radius 1 is 1.26 bits per heavy atom. The molecule has 0 bridgehead atoms. The Kier molecular flexibility index (Phi) is 8.14. The smallest absolute Gasteiger partial charge is 0.264 e.